The molecule has 1 aliphatic rings. The lowest BCUT2D eigenvalue weighted by Crippen LogP contribution is -2.35. The molecular formula is C28H32FN7O. The maximum absolute atomic E-state index is 15.0. The van der Waals surface area contributed by atoms with Gasteiger partial charge in [0.05, 0.1) is 5.69 Å². The molecule has 0 aliphatic carbocycles. The number of carbonyl (C=O) groups is 1. The molecule has 9 heteroatoms. The van der Waals surface area contributed by atoms with Crippen LogP contribution >= 0.6 is 0 Å². The van der Waals surface area contributed by atoms with Crippen LogP contribution in [0.1, 0.15) is 41.7 Å². The van der Waals surface area contributed by atoms with Gasteiger partial charge < -0.3 is 25.8 Å². The van der Waals surface area contributed by atoms with E-state index in [9.17, 15) is 9.18 Å². The number of hydrogen-bond acceptors (Lipinski definition) is 6. The van der Waals surface area contributed by atoms with Crippen molar-refractivity contribution in [3.63, 3.8) is 0 Å². The summed E-state index contributed by atoms with van der Waals surface area (Å²) in [6.45, 7) is 5.60. The third kappa shape index (κ3) is 6.24. The second-order valence-electron chi connectivity index (χ2n) is 9.45. The van der Waals surface area contributed by atoms with E-state index in [1.54, 1.807) is 36.5 Å². The van der Waals surface area contributed by atoms with Gasteiger partial charge in [-0.15, -0.1) is 0 Å². The summed E-state index contributed by atoms with van der Waals surface area (Å²) in [4.78, 5) is 27.0. The zero-order valence-corrected chi connectivity index (χ0v) is 21.0. The molecule has 0 saturated carbocycles. The molecule has 1 fully saturated rings. The van der Waals surface area contributed by atoms with E-state index in [0.717, 1.165) is 30.8 Å². The fourth-order valence-corrected chi connectivity index (χ4v) is 4.69. The summed E-state index contributed by atoms with van der Waals surface area (Å²) >= 11 is 0. The van der Waals surface area contributed by atoms with Crippen LogP contribution in [0.3, 0.4) is 0 Å². The lowest BCUT2D eigenvalue weighted by Gasteiger charge is -2.19. The number of aromatic nitrogens is 3. The van der Waals surface area contributed by atoms with Crippen LogP contribution in [0.4, 0.5) is 27.5 Å². The minimum atomic E-state index is -0.343. The average molecular weight is 502 g/mol. The van der Waals surface area contributed by atoms with Crippen molar-refractivity contribution in [3.8, 4) is 0 Å². The highest BCUT2D eigenvalue weighted by Gasteiger charge is 2.12. The van der Waals surface area contributed by atoms with Gasteiger partial charge in [-0.25, -0.2) is 9.37 Å². The van der Waals surface area contributed by atoms with Crippen LogP contribution in [0, 0.1) is 12.7 Å². The summed E-state index contributed by atoms with van der Waals surface area (Å²) in [5, 5.41) is 9.72. The van der Waals surface area contributed by atoms with Gasteiger partial charge >= 0.3 is 0 Å². The minimum Gasteiger partial charge on any atom is -0.359 e. The normalized spacial score (nSPS) is 14.3. The van der Waals surface area contributed by atoms with Gasteiger partial charge in [0.15, 0.2) is 5.82 Å². The number of anilines is 4. The number of nitrogens with zero attached hydrogens (tertiary/aromatic N) is 3. The topological polar surface area (TPSA) is 98.0 Å². The molecule has 1 amide bonds. The monoisotopic (exact) mass is 501 g/mol. The predicted molar refractivity (Wildman–Crippen MR) is 145 cm³/mol. The van der Waals surface area contributed by atoms with Gasteiger partial charge in [-0.2, -0.15) is 4.98 Å². The number of halogens is 1. The van der Waals surface area contributed by atoms with E-state index in [4.69, 9.17) is 0 Å². The van der Waals surface area contributed by atoms with Crippen molar-refractivity contribution < 1.29 is 9.18 Å². The highest BCUT2D eigenvalue weighted by atomic mass is 19.1. The van der Waals surface area contributed by atoms with Crippen molar-refractivity contribution in [1.29, 1.82) is 0 Å². The Morgan fingerprint density at radius 1 is 1.05 bits per heavy atom. The first-order valence-electron chi connectivity index (χ1n) is 12.8. The zero-order valence-electron chi connectivity index (χ0n) is 21.0. The van der Waals surface area contributed by atoms with Gasteiger partial charge in [0.2, 0.25) is 5.95 Å². The van der Waals surface area contributed by atoms with Crippen LogP contribution in [0.2, 0.25) is 0 Å². The number of benzene rings is 2. The minimum absolute atomic E-state index is 0.110. The molecule has 0 atom stereocenters. The Kier molecular flexibility index (Phi) is 7.60. The highest BCUT2D eigenvalue weighted by molar-refractivity contribution is 5.95. The SMILES string of the molecule is Cc1cc2c(F)c(Nc3ccnc(Nc4cccc(C(=O)NCCN5CCCCCC5)c4)n3)ccc2[nH]1. The Morgan fingerprint density at radius 3 is 2.73 bits per heavy atom. The smallest absolute Gasteiger partial charge is 0.251 e. The second kappa shape index (κ2) is 11.4. The number of amides is 1. The van der Waals surface area contributed by atoms with E-state index >= 15 is 0 Å². The molecule has 4 aromatic rings. The molecule has 8 nitrogen and oxygen atoms in total. The number of nitrogens with one attached hydrogen (secondary N) is 4. The average Bonchev–Trinajstić information content (AvgIpc) is 3.10. The molecule has 192 valence electrons. The summed E-state index contributed by atoms with van der Waals surface area (Å²) in [7, 11) is 0. The molecule has 5 rings (SSSR count). The number of likely N-dealkylation sites (tertiary alicyclic amines) is 1. The molecule has 3 heterocycles. The quantitative estimate of drug-likeness (QED) is 0.255. The number of aromatic amines is 1. The van der Waals surface area contributed by atoms with Gasteiger partial charge in [0.25, 0.3) is 5.91 Å². The molecule has 0 spiro atoms. The molecular weight excluding hydrogens is 469 g/mol. The number of fused-ring (bicyclic) bond motifs is 1. The van der Waals surface area contributed by atoms with Gasteiger partial charge in [0.1, 0.15) is 5.82 Å². The van der Waals surface area contributed by atoms with Crippen LogP contribution in [0.15, 0.2) is 54.7 Å². The Hall–Kier alpha value is -3.98. The number of rotatable bonds is 8. The number of aryl methyl sites for hydroxylation is 1. The molecule has 1 saturated heterocycles. The van der Waals surface area contributed by atoms with Crippen LogP contribution in [0.25, 0.3) is 10.9 Å². The van der Waals surface area contributed by atoms with Gasteiger partial charge in [-0.1, -0.05) is 18.9 Å². The molecule has 2 aromatic heterocycles. The standard InChI is InChI=1S/C28H32FN7O/c1-19-17-22-23(32-19)9-10-24(26(22)29)34-25-11-12-31-28(35-25)33-21-8-6-7-20(18-21)27(37)30-13-16-36-14-4-2-3-5-15-36/h6-12,17-18,32H,2-5,13-16H2,1H3,(H,30,37)(H2,31,33,34,35). The molecule has 2 aromatic carbocycles. The Balaban J connectivity index is 1.21. The van der Waals surface area contributed by atoms with Crippen molar-refractivity contribution in [2.45, 2.75) is 32.6 Å². The Morgan fingerprint density at radius 2 is 1.89 bits per heavy atom. The number of hydrogen-bond donors (Lipinski definition) is 4. The molecule has 0 radical (unpaired) electrons. The van der Waals surface area contributed by atoms with E-state index in [0.29, 0.717) is 40.6 Å². The van der Waals surface area contributed by atoms with Crippen molar-refractivity contribution in [1.82, 2.24) is 25.2 Å². The molecule has 1 aliphatic heterocycles. The van der Waals surface area contributed by atoms with Gasteiger partial charge in [-0.05, 0) is 75.3 Å². The van der Waals surface area contributed by atoms with E-state index in [1.165, 1.54) is 25.7 Å². The van der Waals surface area contributed by atoms with Crippen LogP contribution in [-0.4, -0.2) is 51.9 Å². The largest absolute Gasteiger partial charge is 0.359 e. The molecule has 37 heavy (non-hydrogen) atoms. The lowest BCUT2D eigenvalue weighted by atomic mass is 10.2. The van der Waals surface area contributed by atoms with E-state index in [1.807, 2.05) is 25.1 Å². The lowest BCUT2D eigenvalue weighted by molar-refractivity contribution is 0.0948. The van der Waals surface area contributed by atoms with Crippen LogP contribution < -0.4 is 16.0 Å². The van der Waals surface area contributed by atoms with Crippen molar-refractivity contribution >= 4 is 40.0 Å². The van der Waals surface area contributed by atoms with E-state index in [-0.39, 0.29) is 11.7 Å². The Bertz CT molecular complexity index is 1380. The van der Waals surface area contributed by atoms with E-state index < -0.39 is 0 Å². The first-order chi connectivity index (χ1) is 18.0. The maximum atomic E-state index is 15.0. The van der Waals surface area contributed by atoms with Gasteiger partial charge in [0, 0.05) is 47.1 Å². The summed E-state index contributed by atoms with van der Waals surface area (Å²) in [6.07, 6.45) is 6.65. The van der Waals surface area contributed by atoms with Crippen LogP contribution in [-0.2, 0) is 0 Å². The summed E-state index contributed by atoms with van der Waals surface area (Å²) in [5.74, 6) is 0.332. The zero-order chi connectivity index (χ0) is 25.6. The van der Waals surface area contributed by atoms with E-state index in [2.05, 4.69) is 35.8 Å². The van der Waals surface area contributed by atoms with Crippen molar-refractivity contribution in [2.75, 3.05) is 36.8 Å². The summed E-state index contributed by atoms with van der Waals surface area (Å²) in [5.41, 5.74) is 3.22. The molecule has 0 unspecified atom stereocenters. The fraction of sp³-hybridized carbons (Fsp3) is 0.321. The molecule has 4 N–H and O–H groups in total. The third-order valence-corrected chi connectivity index (χ3v) is 6.58. The van der Waals surface area contributed by atoms with Crippen molar-refractivity contribution in [2.24, 2.45) is 0 Å². The fourth-order valence-electron chi connectivity index (χ4n) is 4.69. The first-order valence-corrected chi connectivity index (χ1v) is 12.8. The third-order valence-electron chi connectivity index (χ3n) is 6.58. The second-order valence-corrected chi connectivity index (χ2v) is 9.45. The highest BCUT2D eigenvalue weighted by Crippen LogP contribution is 2.27. The van der Waals surface area contributed by atoms with Crippen molar-refractivity contribution in [3.05, 3.63) is 71.8 Å². The van der Waals surface area contributed by atoms with Gasteiger partial charge in [-0.3, -0.25) is 4.79 Å². The first kappa shape index (κ1) is 24.7. The number of carbonyl (C=O) groups excluding carboxylic acids is 1. The number of H-pyrrole nitrogens is 1. The predicted octanol–water partition coefficient (Wildman–Crippen LogP) is 5.50. The van der Waals surface area contributed by atoms with Crippen LogP contribution in [0.5, 0.6) is 0 Å². The summed E-state index contributed by atoms with van der Waals surface area (Å²) < 4.78 is 15.0. The molecule has 0 bridgehead atoms. The summed E-state index contributed by atoms with van der Waals surface area (Å²) in [6, 6.07) is 14.2. The Labute approximate surface area is 215 Å². The maximum Gasteiger partial charge on any atom is 0.251 e.